The molecule has 3 N–H and O–H groups in total. The van der Waals surface area contributed by atoms with Gasteiger partial charge in [-0.3, -0.25) is 4.79 Å². The first-order chi connectivity index (χ1) is 16.5. The molecule has 0 bridgehead atoms. The van der Waals surface area contributed by atoms with E-state index in [4.69, 9.17) is 9.47 Å². The van der Waals surface area contributed by atoms with Gasteiger partial charge in [0.05, 0.1) is 50.5 Å². The number of fused-ring (bicyclic) bond motifs is 1. The maximum Gasteiger partial charge on any atom is 0.322 e. The smallest absolute Gasteiger partial charge is 0.322 e. The van der Waals surface area contributed by atoms with E-state index in [1.54, 1.807) is 4.90 Å². The number of urea groups is 1. The molecule has 8 heteroatoms. The second-order valence-electron chi connectivity index (χ2n) is 8.99. The Hall–Kier alpha value is -2.94. The zero-order valence-electron chi connectivity index (χ0n) is 19.4. The van der Waals surface area contributed by atoms with Crippen molar-refractivity contribution in [1.29, 1.82) is 0 Å². The number of amides is 3. The fraction of sp³-hybridized carbons (Fsp3) is 0.462. The topological polar surface area (TPSA) is 100 Å². The summed E-state index contributed by atoms with van der Waals surface area (Å²) >= 11 is 0. The van der Waals surface area contributed by atoms with Crippen molar-refractivity contribution >= 4 is 17.6 Å². The van der Waals surface area contributed by atoms with Crippen molar-refractivity contribution in [1.82, 2.24) is 10.2 Å². The number of ether oxygens (including phenoxy) is 2. The largest absolute Gasteiger partial charge is 0.389 e. The lowest BCUT2D eigenvalue weighted by Gasteiger charge is -2.44. The monoisotopic (exact) mass is 467 g/mol. The third kappa shape index (κ3) is 6.34. The van der Waals surface area contributed by atoms with Gasteiger partial charge in [-0.1, -0.05) is 48.5 Å². The molecule has 2 fully saturated rings. The molecule has 0 radical (unpaired) electrons. The van der Waals surface area contributed by atoms with Gasteiger partial charge in [-0.2, -0.15) is 0 Å². The summed E-state index contributed by atoms with van der Waals surface area (Å²) in [6.45, 7) is 2.50. The zero-order chi connectivity index (χ0) is 23.9. The molecule has 0 unspecified atom stereocenters. The van der Waals surface area contributed by atoms with Gasteiger partial charge in [0.2, 0.25) is 5.91 Å². The molecule has 0 saturated carbocycles. The third-order valence-corrected chi connectivity index (χ3v) is 6.36. The van der Waals surface area contributed by atoms with E-state index in [2.05, 4.69) is 10.6 Å². The van der Waals surface area contributed by atoms with Crippen molar-refractivity contribution in [3.63, 3.8) is 0 Å². The van der Waals surface area contributed by atoms with E-state index in [1.165, 1.54) is 0 Å². The number of hydrogen-bond donors (Lipinski definition) is 3. The molecule has 0 aliphatic carbocycles. The van der Waals surface area contributed by atoms with Gasteiger partial charge < -0.3 is 30.1 Å². The SMILES string of the molecule is C[C@@H](NC(=O)C[C@@H]1CC[C@@H]2[C@H](COC[C@@H](O)CN2C(=O)Nc2ccccc2)O1)c1ccccc1. The van der Waals surface area contributed by atoms with Crippen molar-refractivity contribution in [3.05, 3.63) is 66.2 Å². The van der Waals surface area contributed by atoms with Crippen LogP contribution in [0.1, 0.15) is 37.8 Å². The third-order valence-electron chi connectivity index (χ3n) is 6.36. The number of carbonyl (C=O) groups excluding carboxylic acids is 2. The van der Waals surface area contributed by atoms with Gasteiger partial charge in [0.1, 0.15) is 6.10 Å². The molecule has 3 amide bonds. The maximum atomic E-state index is 13.1. The molecule has 8 nitrogen and oxygen atoms in total. The number of aliphatic hydroxyl groups excluding tert-OH is 1. The molecule has 2 saturated heterocycles. The van der Waals surface area contributed by atoms with Crippen LogP contribution < -0.4 is 10.6 Å². The van der Waals surface area contributed by atoms with Crippen molar-refractivity contribution in [2.45, 2.75) is 56.6 Å². The summed E-state index contributed by atoms with van der Waals surface area (Å²) in [5.74, 6) is -0.0688. The van der Waals surface area contributed by atoms with Crippen LogP contribution in [-0.2, 0) is 14.3 Å². The van der Waals surface area contributed by atoms with E-state index in [-0.39, 0.29) is 62.4 Å². The Morgan fingerprint density at radius 1 is 1.06 bits per heavy atom. The molecule has 2 aromatic rings. The number of benzene rings is 2. The Bertz CT molecular complexity index is 942. The fourth-order valence-electron chi connectivity index (χ4n) is 4.62. The van der Waals surface area contributed by atoms with Crippen molar-refractivity contribution in [2.75, 3.05) is 25.1 Å². The zero-order valence-corrected chi connectivity index (χ0v) is 19.4. The Balaban J connectivity index is 1.37. The highest BCUT2D eigenvalue weighted by atomic mass is 16.5. The van der Waals surface area contributed by atoms with Crippen LogP contribution in [0.2, 0.25) is 0 Å². The lowest BCUT2D eigenvalue weighted by Crippen LogP contribution is -2.58. The number of rotatable bonds is 5. The maximum absolute atomic E-state index is 13.1. The Kier molecular flexibility index (Phi) is 8.16. The number of nitrogens with one attached hydrogen (secondary N) is 2. The minimum atomic E-state index is -0.773. The quantitative estimate of drug-likeness (QED) is 0.628. The van der Waals surface area contributed by atoms with E-state index >= 15 is 0 Å². The number of nitrogens with zero attached hydrogens (tertiary/aromatic N) is 1. The molecule has 2 aliphatic heterocycles. The van der Waals surface area contributed by atoms with Gasteiger partial charge >= 0.3 is 6.03 Å². The summed E-state index contributed by atoms with van der Waals surface area (Å²) in [6.07, 6.45) is 0.155. The van der Waals surface area contributed by atoms with Gasteiger partial charge in [0.15, 0.2) is 0 Å². The van der Waals surface area contributed by atoms with Crippen LogP contribution in [0.15, 0.2) is 60.7 Å². The Labute approximate surface area is 200 Å². The van der Waals surface area contributed by atoms with E-state index in [9.17, 15) is 14.7 Å². The number of anilines is 1. The summed E-state index contributed by atoms with van der Waals surface area (Å²) in [5, 5.41) is 16.2. The molecule has 0 aromatic heterocycles. The molecule has 2 heterocycles. The van der Waals surface area contributed by atoms with Crippen molar-refractivity contribution < 1.29 is 24.2 Å². The standard InChI is InChI=1S/C26H33N3O5/c1-18(19-8-4-2-5-9-19)27-25(31)14-22-12-13-23-24(34-22)17-33-16-21(30)15-29(23)26(32)28-20-10-6-3-7-11-20/h2-11,18,21-24,30H,12-17H2,1H3,(H,27,31)(H,28,32)/t18-,21+,22+,23-,24+/m1/s1. The first kappa shape index (κ1) is 24.2. The van der Waals surface area contributed by atoms with Gasteiger partial charge in [0, 0.05) is 5.69 Å². The van der Waals surface area contributed by atoms with Crippen LogP contribution in [0.3, 0.4) is 0 Å². The van der Waals surface area contributed by atoms with E-state index in [0.29, 0.717) is 18.5 Å². The first-order valence-corrected chi connectivity index (χ1v) is 11.9. The van der Waals surface area contributed by atoms with Gasteiger partial charge in [-0.15, -0.1) is 0 Å². The number of hydrogen-bond acceptors (Lipinski definition) is 5. The average Bonchev–Trinajstić information content (AvgIpc) is 2.83. The molecule has 2 aliphatic rings. The molecule has 2 aromatic carbocycles. The van der Waals surface area contributed by atoms with Gasteiger partial charge in [0.25, 0.3) is 0 Å². The van der Waals surface area contributed by atoms with Crippen LogP contribution in [0.4, 0.5) is 10.5 Å². The van der Waals surface area contributed by atoms with Crippen molar-refractivity contribution in [3.8, 4) is 0 Å². The van der Waals surface area contributed by atoms with Gasteiger partial charge in [-0.25, -0.2) is 4.79 Å². The Morgan fingerprint density at radius 2 is 1.76 bits per heavy atom. The molecular weight excluding hydrogens is 434 g/mol. The second-order valence-corrected chi connectivity index (χ2v) is 8.99. The summed E-state index contributed by atoms with van der Waals surface area (Å²) in [7, 11) is 0. The minimum Gasteiger partial charge on any atom is -0.389 e. The second kappa shape index (κ2) is 11.5. The van der Waals surface area contributed by atoms with E-state index < -0.39 is 6.10 Å². The predicted molar refractivity (Wildman–Crippen MR) is 128 cm³/mol. The van der Waals surface area contributed by atoms with Crippen LogP contribution in [0.25, 0.3) is 0 Å². The minimum absolute atomic E-state index is 0.0688. The van der Waals surface area contributed by atoms with Crippen molar-refractivity contribution in [2.24, 2.45) is 0 Å². The van der Waals surface area contributed by atoms with Gasteiger partial charge in [-0.05, 0) is 37.5 Å². The van der Waals surface area contributed by atoms with Crippen LogP contribution in [-0.4, -0.2) is 66.1 Å². The lowest BCUT2D eigenvalue weighted by atomic mass is 9.94. The Morgan fingerprint density at radius 3 is 2.50 bits per heavy atom. The first-order valence-electron chi connectivity index (χ1n) is 11.9. The molecule has 182 valence electrons. The summed E-state index contributed by atoms with van der Waals surface area (Å²) in [6, 6.07) is 18.4. The summed E-state index contributed by atoms with van der Waals surface area (Å²) in [5.41, 5.74) is 1.74. The highest BCUT2D eigenvalue weighted by Gasteiger charge is 2.40. The number of aliphatic hydroxyl groups is 1. The molecular formula is C26H33N3O5. The highest BCUT2D eigenvalue weighted by molar-refractivity contribution is 5.89. The number of para-hydroxylation sites is 1. The summed E-state index contributed by atoms with van der Waals surface area (Å²) < 4.78 is 11.9. The molecule has 0 spiro atoms. The lowest BCUT2D eigenvalue weighted by molar-refractivity contribution is -0.150. The average molecular weight is 468 g/mol. The van der Waals surface area contributed by atoms with E-state index in [1.807, 2.05) is 67.6 Å². The molecule has 4 rings (SSSR count). The molecule has 34 heavy (non-hydrogen) atoms. The van der Waals surface area contributed by atoms with Crippen LogP contribution in [0.5, 0.6) is 0 Å². The number of carbonyl (C=O) groups is 2. The normalized spacial score (nSPS) is 25.9. The predicted octanol–water partition coefficient (Wildman–Crippen LogP) is 3.10. The van der Waals surface area contributed by atoms with E-state index in [0.717, 1.165) is 5.56 Å². The highest BCUT2D eigenvalue weighted by Crippen LogP contribution is 2.28. The number of β-amino-alcohol motifs (C(OH)–C–C–N with tert-alkyl or cyclic N) is 1. The van der Waals surface area contributed by atoms with Crippen LogP contribution in [0, 0.1) is 0 Å². The van der Waals surface area contributed by atoms with Crippen LogP contribution >= 0.6 is 0 Å². The molecule has 5 atom stereocenters. The fourth-order valence-corrected chi connectivity index (χ4v) is 4.62. The summed E-state index contributed by atoms with van der Waals surface area (Å²) in [4.78, 5) is 27.4.